The predicted molar refractivity (Wildman–Crippen MR) is 40.5 cm³/mol. The van der Waals surface area contributed by atoms with E-state index in [0.29, 0.717) is 24.4 Å². The van der Waals surface area contributed by atoms with Gasteiger partial charge in [0.15, 0.2) is 0 Å². The molecule has 2 heterocycles. The van der Waals surface area contributed by atoms with E-state index in [-0.39, 0.29) is 0 Å². The lowest BCUT2D eigenvalue weighted by atomic mass is 9.81. The van der Waals surface area contributed by atoms with Crippen LogP contribution in [0.4, 0.5) is 0 Å². The number of hydrogen-bond donors (Lipinski definition) is 0. The molecule has 5 rings (SSSR count). The molecule has 0 N–H and O–H groups in total. The topological polar surface area (TPSA) is 25.1 Å². The van der Waals surface area contributed by atoms with Gasteiger partial charge in [-0.1, -0.05) is 0 Å². The molecule has 2 saturated heterocycles. The molecule has 12 heavy (non-hydrogen) atoms. The Kier molecular flexibility index (Phi) is 0.644. The Morgan fingerprint density at radius 3 is 2.67 bits per heavy atom. The molecule has 0 aromatic rings. The van der Waals surface area contributed by atoms with Crippen LogP contribution in [0, 0.1) is 23.7 Å². The van der Waals surface area contributed by atoms with Gasteiger partial charge >= 0.3 is 0 Å². The highest BCUT2D eigenvalue weighted by Gasteiger charge is 2.74. The van der Waals surface area contributed by atoms with Crippen LogP contribution < -0.4 is 0 Å². The summed E-state index contributed by atoms with van der Waals surface area (Å²) < 4.78 is 11.3. The molecule has 2 heteroatoms. The largest absolute Gasteiger partial charge is 0.369 e. The van der Waals surface area contributed by atoms with Gasteiger partial charge in [0.05, 0.1) is 24.4 Å². The van der Waals surface area contributed by atoms with Crippen molar-refractivity contribution in [1.29, 1.82) is 0 Å². The van der Waals surface area contributed by atoms with E-state index >= 15 is 0 Å². The van der Waals surface area contributed by atoms with E-state index in [1.807, 2.05) is 0 Å². The monoisotopic (exact) mass is 164 g/mol. The minimum atomic E-state index is 0.676. The van der Waals surface area contributed by atoms with Crippen LogP contribution >= 0.6 is 0 Å². The SMILES string of the molecule is C1[C@@H]2[C@H]3C[C@H]4O[C@H]4[C@@H]3[C@H]1[C@@H]1O[C@@H]21. The fourth-order valence-electron chi connectivity index (χ4n) is 4.58. The van der Waals surface area contributed by atoms with Crippen LogP contribution in [0.25, 0.3) is 0 Å². The molecule has 2 nitrogen and oxygen atoms in total. The number of ether oxygens (including phenoxy) is 2. The van der Waals surface area contributed by atoms with Crippen molar-refractivity contribution in [2.45, 2.75) is 37.3 Å². The van der Waals surface area contributed by atoms with E-state index in [1.54, 1.807) is 0 Å². The van der Waals surface area contributed by atoms with Gasteiger partial charge in [-0.2, -0.15) is 0 Å². The van der Waals surface area contributed by atoms with Crippen LogP contribution in [-0.2, 0) is 9.47 Å². The Hall–Kier alpha value is -0.0800. The molecule has 64 valence electrons. The van der Waals surface area contributed by atoms with Crippen molar-refractivity contribution < 1.29 is 9.47 Å². The van der Waals surface area contributed by atoms with Gasteiger partial charge in [0.25, 0.3) is 0 Å². The summed E-state index contributed by atoms with van der Waals surface area (Å²) in [5.74, 6) is 3.77. The van der Waals surface area contributed by atoms with Crippen molar-refractivity contribution in [2.24, 2.45) is 23.7 Å². The van der Waals surface area contributed by atoms with Crippen molar-refractivity contribution in [3.63, 3.8) is 0 Å². The first-order valence-corrected chi connectivity index (χ1v) is 5.24. The van der Waals surface area contributed by atoms with Crippen molar-refractivity contribution in [1.82, 2.24) is 0 Å². The van der Waals surface area contributed by atoms with E-state index in [2.05, 4.69) is 0 Å². The minimum absolute atomic E-state index is 0.676. The molecule has 5 fully saturated rings. The lowest BCUT2D eigenvalue weighted by Gasteiger charge is -2.22. The maximum atomic E-state index is 5.69. The predicted octanol–water partition coefficient (Wildman–Crippen LogP) is 0.807. The maximum absolute atomic E-state index is 5.69. The van der Waals surface area contributed by atoms with Crippen molar-refractivity contribution >= 4 is 0 Å². The fraction of sp³-hybridized carbons (Fsp3) is 1.00. The molecule has 0 aromatic heterocycles. The summed E-state index contributed by atoms with van der Waals surface area (Å²) >= 11 is 0. The highest BCUT2D eigenvalue weighted by atomic mass is 16.6. The fourth-order valence-corrected chi connectivity index (χ4v) is 4.58. The maximum Gasteiger partial charge on any atom is 0.0876 e. The molecule has 5 aliphatic rings. The molecule has 2 aliphatic heterocycles. The molecule has 8 atom stereocenters. The second-order valence-corrected chi connectivity index (χ2v) is 5.24. The van der Waals surface area contributed by atoms with Gasteiger partial charge in [-0.25, -0.2) is 0 Å². The summed E-state index contributed by atoms with van der Waals surface area (Å²) in [6, 6.07) is 0. The van der Waals surface area contributed by atoms with E-state index < -0.39 is 0 Å². The number of rotatable bonds is 0. The summed E-state index contributed by atoms with van der Waals surface area (Å²) in [5.41, 5.74) is 0. The normalized spacial score (nSPS) is 80.0. The zero-order valence-electron chi connectivity index (χ0n) is 6.85. The first kappa shape index (κ1) is 5.61. The van der Waals surface area contributed by atoms with E-state index in [9.17, 15) is 0 Å². The third-order valence-corrected chi connectivity index (χ3v) is 4.99. The van der Waals surface area contributed by atoms with Gasteiger partial charge in [0, 0.05) is 0 Å². The summed E-state index contributed by atoms with van der Waals surface area (Å²) in [7, 11) is 0. The van der Waals surface area contributed by atoms with Crippen LogP contribution in [0.2, 0.25) is 0 Å². The zero-order valence-corrected chi connectivity index (χ0v) is 6.85. The van der Waals surface area contributed by atoms with Crippen LogP contribution in [0.1, 0.15) is 12.8 Å². The van der Waals surface area contributed by atoms with Gasteiger partial charge in [0.2, 0.25) is 0 Å². The zero-order chi connectivity index (χ0) is 7.45. The Morgan fingerprint density at radius 2 is 1.67 bits per heavy atom. The standard InChI is InChI=1S/C10H12O2/c1-4-3-2-6-10(11-6)7(3)5(1)9-8(4)12-9/h3-10H,1-2H2/t3-,4-,5+,6-,7+,8+,9+,10-/m1/s1. The molecular formula is C10H12O2. The number of epoxide rings is 2. The Labute approximate surface area is 71.2 Å². The first-order valence-electron chi connectivity index (χ1n) is 5.24. The smallest absolute Gasteiger partial charge is 0.0876 e. The van der Waals surface area contributed by atoms with Crippen LogP contribution in [-0.4, -0.2) is 24.4 Å². The number of fused-ring (bicyclic) bond motifs is 10. The molecule has 0 amide bonds. The van der Waals surface area contributed by atoms with Crippen LogP contribution in [0.15, 0.2) is 0 Å². The van der Waals surface area contributed by atoms with Crippen molar-refractivity contribution in [3.8, 4) is 0 Å². The van der Waals surface area contributed by atoms with Gasteiger partial charge in [-0.3, -0.25) is 0 Å². The second kappa shape index (κ2) is 1.38. The minimum Gasteiger partial charge on any atom is -0.369 e. The van der Waals surface area contributed by atoms with Crippen molar-refractivity contribution in [2.75, 3.05) is 0 Å². The van der Waals surface area contributed by atoms with Gasteiger partial charge in [-0.15, -0.1) is 0 Å². The van der Waals surface area contributed by atoms with E-state index in [4.69, 9.17) is 9.47 Å². The van der Waals surface area contributed by atoms with E-state index in [0.717, 1.165) is 23.7 Å². The average Bonchev–Trinajstić information content (AvgIpc) is 2.92. The van der Waals surface area contributed by atoms with E-state index in [1.165, 1.54) is 12.8 Å². The number of hydrogen-bond acceptors (Lipinski definition) is 2. The highest BCUT2D eigenvalue weighted by Crippen LogP contribution is 2.69. The molecule has 3 saturated carbocycles. The molecule has 0 aromatic carbocycles. The molecule has 0 radical (unpaired) electrons. The Bertz CT molecular complexity index is 273. The quantitative estimate of drug-likeness (QED) is 0.495. The lowest BCUT2D eigenvalue weighted by molar-refractivity contribution is 0.162. The van der Waals surface area contributed by atoms with Gasteiger partial charge in [-0.05, 0) is 36.5 Å². The average molecular weight is 164 g/mol. The lowest BCUT2D eigenvalue weighted by Crippen LogP contribution is -2.27. The molecule has 0 unspecified atom stereocenters. The summed E-state index contributed by atoms with van der Waals surface area (Å²) in [6.07, 6.45) is 5.58. The molecule has 2 bridgehead atoms. The van der Waals surface area contributed by atoms with Crippen LogP contribution in [0.3, 0.4) is 0 Å². The molecule has 0 spiro atoms. The Balaban J connectivity index is 1.66. The summed E-state index contributed by atoms with van der Waals surface area (Å²) in [4.78, 5) is 0. The third-order valence-electron chi connectivity index (χ3n) is 4.99. The van der Waals surface area contributed by atoms with Gasteiger partial charge in [0.1, 0.15) is 0 Å². The van der Waals surface area contributed by atoms with Crippen LogP contribution in [0.5, 0.6) is 0 Å². The summed E-state index contributed by atoms with van der Waals surface area (Å²) in [6.45, 7) is 0. The highest BCUT2D eigenvalue weighted by molar-refractivity contribution is 5.21. The second-order valence-electron chi connectivity index (χ2n) is 5.24. The third kappa shape index (κ3) is 0.409. The Morgan fingerprint density at radius 1 is 0.750 bits per heavy atom. The van der Waals surface area contributed by atoms with Gasteiger partial charge < -0.3 is 9.47 Å². The molecule has 3 aliphatic carbocycles. The first-order chi connectivity index (χ1) is 5.93. The molecular weight excluding hydrogens is 152 g/mol. The summed E-state index contributed by atoms with van der Waals surface area (Å²) in [5, 5.41) is 0. The van der Waals surface area contributed by atoms with Crippen molar-refractivity contribution in [3.05, 3.63) is 0 Å².